The second-order valence-electron chi connectivity index (χ2n) is 4.93. The molecule has 0 bridgehead atoms. The molecule has 1 aliphatic carbocycles. The zero-order chi connectivity index (χ0) is 11.9. The summed E-state index contributed by atoms with van der Waals surface area (Å²) in [5, 5.41) is 0. The van der Waals surface area contributed by atoms with Gasteiger partial charge in [-0.2, -0.15) is 0 Å². The maximum Gasteiger partial charge on any atom is 0.330 e. The molecule has 0 aromatic heterocycles. The Morgan fingerprint density at radius 1 is 1.25 bits per heavy atom. The Hall–Kier alpha value is -0.790. The summed E-state index contributed by atoms with van der Waals surface area (Å²) in [6, 6.07) is 0. The standard InChI is InChI=1S/C14H24O2/c1-3-13(15)16-12-14(4-2)10-8-6-5-7-9-11-14/h3H,1,4-12H2,2H3. The molecule has 92 valence electrons. The van der Waals surface area contributed by atoms with Gasteiger partial charge < -0.3 is 4.74 Å². The van der Waals surface area contributed by atoms with Crippen molar-refractivity contribution in [1.29, 1.82) is 0 Å². The Labute approximate surface area is 99.1 Å². The molecule has 0 aromatic carbocycles. The minimum atomic E-state index is -0.283. The largest absolute Gasteiger partial charge is 0.462 e. The summed E-state index contributed by atoms with van der Waals surface area (Å²) in [7, 11) is 0. The van der Waals surface area contributed by atoms with Crippen molar-refractivity contribution >= 4 is 5.97 Å². The highest BCUT2D eigenvalue weighted by Crippen LogP contribution is 2.37. The summed E-state index contributed by atoms with van der Waals surface area (Å²) in [6.45, 7) is 6.22. The van der Waals surface area contributed by atoms with Gasteiger partial charge in [0.25, 0.3) is 0 Å². The van der Waals surface area contributed by atoms with E-state index in [-0.39, 0.29) is 11.4 Å². The summed E-state index contributed by atoms with van der Waals surface area (Å²) in [5.74, 6) is -0.283. The molecule has 16 heavy (non-hydrogen) atoms. The zero-order valence-corrected chi connectivity index (χ0v) is 10.5. The molecular weight excluding hydrogens is 200 g/mol. The van der Waals surface area contributed by atoms with Crippen LogP contribution >= 0.6 is 0 Å². The third kappa shape index (κ3) is 3.99. The predicted octanol–water partition coefficient (Wildman–Crippen LogP) is 3.86. The highest BCUT2D eigenvalue weighted by Gasteiger charge is 2.29. The van der Waals surface area contributed by atoms with Crippen LogP contribution in [0.5, 0.6) is 0 Å². The van der Waals surface area contributed by atoms with Gasteiger partial charge >= 0.3 is 5.97 Å². The first-order chi connectivity index (χ1) is 7.72. The quantitative estimate of drug-likeness (QED) is 0.535. The van der Waals surface area contributed by atoms with Crippen LogP contribution in [0.25, 0.3) is 0 Å². The number of hydrogen-bond donors (Lipinski definition) is 0. The summed E-state index contributed by atoms with van der Waals surface area (Å²) in [6.07, 6.45) is 11.4. The lowest BCUT2D eigenvalue weighted by molar-refractivity contribution is -0.142. The van der Waals surface area contributed by atoms with Gasteiger partial charge in [0.2, 0.25) is 0 Å². The molecule has 0 saturated heterocycles. The minimum absolute atomic E-state index is 0.235. The van der Waals surface area contributed by atoms with Crippen LogP contribution < -0.4 is 0 Å². The van der Waals surface area contributed by atoms with Crippen molar-refractivity contribution in [2.75, 3.05) is 6.61 Å². The second-order valence-corrected chi connectivity index (χ2v) is 4.93. The van der Waals surface area contributed by atoms with E-state index in [1.807, 2.05) is 0 Å². The lowest BCUT2D eigenvalue weighted by Gasteiger charge is -2.33. The van der Waals surface area contributed by atoms with Gasteiger partial charge in [-0.15, -0.1) is 0 Å². The Morgan fingerprint density at radius 3 is 2.31 bits per heavy atom. The van der Waals surface area contributed by atoms with Gasteiger partial charge in [0.15, 0.2) is 0 Å². The van der Waals surface area contributed by atoms with Gasteiger partial charge in [-0.05, 0) is 19.3 Å². The van der Waals surface area contributed by atoms with Gasteiger partial charge in [-0.3, -0.25) is 0 Å². The van der Waals surface area contributed by atoms with E-state index in [0.717, 1.165) is 6.42 Å². The molecule has 0 atom stereocenters. The van der Waals surface area contributed by atoms with Crippen molar-refractivity contribution in [3.05, 3.63) is 12.7 Å². The molecule has 1 fully saturated rings. The average molecular weight is 224 g/mol. The number of carbonyl (C=O) groups excluding carboxylic acids is 1. The maximum absolute atomic E-state index is 11.1. The minimum Gasteiger partial charge on any atom is -0.462 e. The smallest absolute Gasteiger partial charge is 0.330 e. The first-order valence-corrected chi connectivity index (χ1v) is 6.52. The lowest BCUT2D eigenvalue weighted by atomic mass is 9.75. The molecular formula is C14H24O2. The molecule has 0 N–H and O–H groups in total. The second kappa shape index (κ2) is 6.72. The lowest BCUT2D eigenvalue weighted by Crippen LogP contribution is -2.28. The molecule has 0 unspecified atom stereocenters. The Morgan fingerprint density at radius 2 is 1.81 bits per heavy atom. The fraction of sp³-hybridized carbons (Fsp3) is 0.786. The van der Waals surface area contributed by atoms with Gasteiger partial charge in [-0.1, -0.05) is 45.6 Å². The number of esters is 1. The maximum atomic E-state index is 11.1. The highest BCUT2D eigenvalue weighted by atomic mass is 16.5. The Kier molecular flexibility index (Phi) is 5.58. The molecule has 0 radical (unpaired) electrons. The van der Waals surface area contributed by atoms with E-state index < -0.39 is 0 Å². The topological polar surface area (TPSA) is 26.3 Å². The monoisotopic (exact) mass is 224 g/mol. The molecule has 2 nitrogen and oxygen atoms in total. The molecule has 0 amide bonds. The first-order valence-electron chi connectivity index (χ1n) is 6.52. The first kappa shape index (κ1) is 13.3. The van der Waals surface area contributed by atoms with Gasteiger partial charge in [0, 0.05) is 11.5 Å². The molecule has 0 spiro atoms. The van der Waals surface area contributed by atoms with Crippen LogP contribution in [-0.4, -0.2) is 12.6 Å². The van der Waals surface area contributed by atoms with Crippen LogP contribution in [0, 0.1) is 5.41 Å². The fourth-order valence-electron chi connectivity index (χ4n) is 2.54. The van der Waals surface area contributed by atoms with Crippen LogP contribution in [0.15, 0.2) is 12.7 Å². The molecule has 1 saturated carbocycles. The molecule has 0 heterocycles. The van der Waals surface area contributed by atoms with E-state index in [9.17, 15) is 4.79 Å². The zero-order valence-electron chi connectivity index (χ0n) is 10.5. The molecule has 0 aliphatic heterocycles. The van der Waals surface area contributed by atoms with Crippen LogP contribution in [0.1, 0.15) is 58.3 Å². The van der Waals surface area contributed by atoms with Crippen molar-refractivity contribution < 1.29 is 9.53 Å². The van der Waals surface area contributed by atoms with Gasteiger partial charge in [0.05, 0.1) is 6.61 Å². The number of ether oxygens (including phenoxy) is 1. The predicted molar refractivity (Wildman–Crippen MR) is 66.2 cm³/mol. The van der Waals surface area contributed by atoms with Crippen molar-refractivity contribution in [2.45, 2.75) is 58.3 Å². The van der Waals surface area contributed by atoms with Gasteiger partial charge in [-0.25, -0.2) is 4.79 Å². The molecule has 1 rings (SSSR count). The summed E-state index contributed by atoms with van der Waals surface area (Å²) >= 11 is 0. The summed E-state index contributed by atoms with van der Waals surface area (Å²) < 4.78 is 5.26. The summed E-state index contributed by atoms with van der Waals surface area (Å²) in [5.41, 5.74) is 0.235. The molecule has 1 aliphatic rings. The SMILES string of the molecule is C=CC(=O)OCC1(CC)CCCCCCC1. The fourth-order valence-corrected chi connectivity index (χ4v) is 2.54. The van der Waals surface area contributed by atoms with E-state index in [1.165, 1.54) is 51.0 Å². The van der Waals surface area contributed by atoms with E-state index in [1.54, 1.807) is 0 Å². The van der Waals surface area contributed by atoms with Gasteiger partial charge in [0.1, 0.15) is 0 Å². The van der Waals surface area contributed by atoms with Crippen molar-refractivity contribution in [1.82, 2.24) is 0 Å². The average Bonchev–Trinajstić information content (AvgIpc) is 2.28. The number of rotatable bonds is 4. The van der Waals surface area contributed by atoms with E-state index in [2.05, 4.69) is 13.5 Å². The van der Waals surface area contributed by atoms with Crippen LogP contribution in [0.3, 0.4) is 0 Å². The third-order valence-electron chi connectivity index (χ3n) is 3.85. The Balaban J connectivity index is 2.51. The van der Waals surface area contributed by atoms with Crippen molar-refractivity contribution in [3.8, 4) is 0 Å². The summed E-state index contributed by atoms with van der Waals surface area (Å²) in [4.78, 5) is 11.1. The van der Waals surface area contributed by atoms with Crippen molar-refractivity contribution in [3.63, 3.8) is 0 Å². The highest BCUT2D eigenvalue weighted by molar-refractivity contribution is 5.81. The third-order valence-corrected chi connectivity index (χ3v) is 3.85. The molecule has 2 heteroatoms. The van der Waals surface area contributed by atoms with Crippen molar-refractivity contribution in [2.24, 2.45) is 5.41 Å². The van der Waals surface area contributed by atoms with E-state index >= 15 is 0 Å². The molecule has 0 aromatic rings. The van der Waals surface area contributed by atoms with E-state index in [4.69, 9.17) is 4.74 Å². The van der Waals surface area contributed by atoms with Crippen LogP contribution in [-0.2, 0) is 9.53 Å². The number of carbonyl (C=O) groups is 1. The van der Waals surface area contributed by atoms with Crippen LogP contribution in [0.2, 0.25) is 0 Å². The Bertz CT molecular complexity index is 225. The number of hydrogen-bond acceptors (Lipinski definition) is 2. The van der Waals surface area contributed by atoms with E-state index in [0.29, 0.717) is 6.61 Å². The van der Waals surface area contributed by atoms with Crippen LogP contribution in [0.4, 0.5) is 0 Å². The normalized spacial score (nSPS) is 20.6.